The Morgan fingerprint density at radius 1 is 1.35 bits per heavy atom. The average molecular weight is 356 g/mol. The van der Waals surface area contributed by atoms with Gasteiger partial charge in [-0.05, 0) is 24.7 Å². The number of hydrogen-bond acceptors (Lipinski definition) is 6. The van der Waals surface area contributed by atoms with Crippen LogP contribution >= 0.6 is 0 Å². The van der Waals surface area contributed by atoms with Gasteiger partial charge in [0, 0.05) is 38.5 Å². The van der Waals surface area contributed by atoms with Crippen molar-refractivity contribution in [2.45, 2.75) is 19.3 Å². The number of carbonyl (C=O) groups is 1. The molecule has 7 nitrogen and oxygen atoms in total. The lowest BCUT2D eigenvalue weighted by Crippen LogP contribution is -2.61. The molecule has 1 aromatic carbocycles. The van der Waals surface area contributed by atoms with Gasteiger partial charge in [-0.15, -0.1) is 10.2 Å². The summed E-state index contributed by atoms with van der Waals surface area (Å²) in [5.74, 6) is 2.41. The highest BCUT2D eigenvalue weighted by atomic mass is 16.5. The summed E-state index contributed by atoms with van der Waals surface area (Å²) < 4.78 is 10.9. The van der Waals surface area contributed by atoms with Gasteiger partial charge in [0.05, 0.1) is 19.4 Å². The van der Waals surface area contributed by atoms with Crippen LogP contribution in [-0.4, -0.2) is 66.2 Å². The van der Waals surface area contributed by atoms with Gasteiger partial charge >= 0.3 is 0 Å². The lowest BCUT2D eigenvalue weighted by molar-refractivity contribution is -0.143. The SMILES string of the molecule is COc1cccc(CC(=O)N2CC3(CN(C)CC3c3nnc(C)o3)C2)c1. The van der Waals surface area contributed by atoms with Crippen molar-refractivity contribution in [2.24, 2.45) is 5.41 Å². The topological polar surface area (TPSA) is 71.7 Å². The third kappa shape index (κ3) is 2.96. The number of amides is 1. The third-order valence-corrected chi connectivity index (χ3v) is 5.51. The molecule has 2 aliphatic rings. The van der Waals surface area contributed by atoms with Gasteiger partial charge in [0.1, 0.15) is 5.75 Å². The number of ether oxygens (including phenoxy) is 1. The molecule has 1 aromatic heterocycles. The predicted octanol–water partition coefficient (Wildman–Crippen LogP) is 1.49. The van der Waals surface area contributed by atoms with Gasteiger partial charge in [0.15, 0.2) is 0 Å². The number of likely N-dealkylation sites (N-methyl/N-ethyl adjacent to an activating group) is 1. The van der Waals surface area contributed by atoms with Gasteiger partial charge in [0.2, 0.25) is 17.7 Å². The molecule has 1 spiro atoms. The molecule has 0 saturated carbocycles. The van der Waals surface area contributed by atoms with Crippen LogP contribution in [0.2, 0.25) is 0 Å². The standard InChI is InChI=1S/C19H24N4O3/c1-13-20-21-18(26-13)16-9-22(2)10-19(16)11-23(12-19)17(24)8-14-5-4-6-15(7-14)25-3/h4-7,16H,8-12H2,1-3H3. The van der Waals surface area contributed by atoms with E-state index in [-0.39, 0.29) is 17.2 Å². The molecule has 26 heavy (non-hydrogen) atoms. The van der Waals surface area contributed by atoms with Crippen LogP contribution in [0.15, 0.2) is 28.7 Å². The quantitative estimate of drug-likeness (QED) is 0.826. The van der Waals surface area contributed by atoms with Crippen LogP contribution in [0.5, 0.6) is 5.75 Å². The highest BCUT2D eigenvalue weighted by Gasteiger charge is 2.56. The fraction of sp³-hybridized carbons (Fsp3) is 0.526. The summed E-state index contributed by atoms with van der Waals surface area (Å²) in [4.78, 5) is 16.9. The molecule has 1 atom stereocenters. The number of nitrogens with zero attached hydrogens (tertiary/aromatic N) is 4. The van der Waals surface area contributed by atoms with Crippen molar-refractivity contribution in [3.8, 4) is 5.75 Å². The predicted molar refractivity (Wildman–Crippen MR) is 95.0 cm³/mol. The van der Waals surface area contributed by atoms with Crippen LogP contribution in [-0.2, 0) is 11.2 Å². The van der Waals surface area contributed by atoms with Gasteiger partial charge in [-0.2, -0.15) is 0 Å². The number of methoxy groups -OCH3 is 1. The number of benzene rings is 1. The van der Waals surface area contributed by atoms with Crippen LogP contribution < -0.4 is 4.74 Å². The van der Waals surface area contributed by atoms with Crippen molar-refractivity contribution in [3.05, 3.63) is 41.6 Å². The second kappa shape index (κ2) is 6.39. The van der Waals surface area contributed by atoms with E-state index in [1.165, 1.54) is 0 Å². The Kier molecular flexibility index (Phi) is 4.19. The maximum Gasteiger partial charge on any atom is 0.227 e. The van der Waals surface area contributed by atoms with E-state index in [0.29, 0.717) is 18.2 Å². The Morgan fingerprint density at radius 3 is 2.85 bits per heavy atom. The van der Waals surface area contributed by atoms with Crippen molar-refractivity contribution in [3.63, 3.8) is 0 Å². The molecule has 3 heterocycles. The summed E-state index contributed by atoms with van der Waals surface area (Å²) in [6.45, 7) is 5.13. The van der Waals surface area contributed by atoms with E-state index in [0.717, 1.165) is 37.5 Å². The first-order valence-electron chi connectivity index (χ1n) is 8.88. The lowest BCUT2D eigenvalue weighted by atomic mass is 9.71. The summed E-state index contributed by atoms with van der Waals surface area (Å²) in [7, 11) is 3.74. The second-order valence-electron chi connectivity index (χ2n) is 7.55. The molecular formula is C19H24N4O3. The van der Waals surface area contributed by atoms with Crippen LogP contribution in [0.1, 0.15) is 23.3 Å². The zero-order valence-corrected chi connectivity index (χ0v) is 15.4. The molecule has 2 fully saturated rings. The summed E-state index contributed by atoms with van der Waals surface area (Å²) in [5.41, 5.74) is 1.00. The first-order valence-corrected chi connectivity index (χ1v) is 8.88. The number of rotatable bonds is 4. The zero-order valence-electron chi connectivity index (χ0n) is 15.4. The minimum absolute atomic E-state index is 0.0256. The Balaban J connectivity index is 1.43. The summed E-state index contributed by atoms with van der Waals surface area (Å²) in [5, 5.41) is 8.21. The van der Waals surface area contributed by atoms with E-state index in [1.807, 2.05) is 36.1 Å². The van der Waals surface area contributed by atoms with Crippen LogP contribution in [0, 0.1) is 12.3 Å². The van der Waals surface area contributed by atoms with E-state index in [2.05, 4.69) is 22.1 Å². The molecule has 2 saturated heterocycles. The van der Waals surface area contributed by atoms with E-state index in [9.17, 15) is 4.79 Å². The largest absolute Gasteiger partial charge is 0.497 e. The molecule has 1 unspecified atom stereocenters. The van der Waals surface area contributed by atoms with E-state index in [1.54, 1.807) is 7.11 Å². The number of aromatic nitrogens is 2. The van der Waals surface area contributed by atoms with Crippen molar-refractivity contribution in [1.82, 2.24) is 20.0 Å². The van der Waals surface area contributed by atoms with Crippen LogP contribution in [0.4, 0.5) is 0 Å². The average Bonchev–Trinajstić information content (AvgIpc) is 3.16. The number of aryl methyl sites for hydroxylation is 1. The molecule has 138 valence electrons. The first kappa shape index (κ1) is 17.0. The van der Waals surface area contributed by atoms with Gasteiger partial charge in [-0.25, -0.2) is 0 Å². The van der Waals surface area contributed by atoms with Crippen molar-refractivity contribution >= 4 is 5.91 Å². The molecule has 0 radical (unpaired) electrons. The summed E-state index contributed by atoms with van der Waals surface area (Å²) in [6.07, 6.45) is 0.396. The lowest BCUT2D eigenvalue weighted by Gasteiger charge is -2.50. The van der Waals surface area contributed by atoms with Crippen molar-refractivity contribution < 1.29 is 13.9 Å². The molecular weight excluding hydrogens is 332 g/mol. The highest BCUT2D eigenvalue weighted by molar-refractivity contribution is 5.80. The Labute approximate surface area is 152 Å². The van der Waals surface area contributed by atoms with Crippen LogP contribution in [0.3, 0.4) is 0 Å². The third-order valence-electron chi connectivity index (χ3n) is 5.51. The molecule has 1 amide bonds. The first-order chi connectivity index (χ1) is 12.5. The molecule has 0 bridgehead atoms. The fourth-order valence-corrected chi connectivity index (χ4v) is 4.29. The van der Waals surface area contributed by atoms with Gasteiger partial charge in [0.25, 0.3) is 0 Å². The molecule has 2 aromatic rings. The minimum atomic E-state index is 0.0256. The Hall–Kier alpha value is -2.41. The smallest absolute Gasteiger partial charge is 0.227 e. The normalized spacial score (nSPS) is 21.8. The fourth-order valence-electron chi connectivity index (χ4n) is 4.29. The maximum absolute atomic E-state index is 12.7. The monoisotopic (exact) mass is 356 g/mol. The summed E-state index contributed by atoms with van der Waals surface area (Å²) in [6, 6.07) is 7.68. The number of likely N-dealkylation sites (tertiary alicyclic amines) is 2. The van der Waals surface area contributed by atoms with E-state index < -0.39 is 0 Å². The minimum Gasteiger partial charge on any atom is -0.497 e. The zero-order chi connectivity index (χ0) is 18.3. The molecule has 0 aliphatic carbocycles. The number of hydrogen-bond donors (Lipinski definition) is 0. The van der Waals surface area contributed by atoms with E-state index >= 15 is 0 Å². The molecule has 0 N–H and O–H groups in total. The molecule has 2 aliphatic heterocycles. The summed E-state index contributed by atoms with van der Waals surface area (Å²) >= 11 is 0. The van der Waals surface area contributed by atoms with E-state index in [4.69, 9.17) is 9.15 Å². The molecule has 7 heteroatoms. The highest BCUT2D eigenvalue weighted by Crippen LogP contribution is 2.48. The van der Waals surface area contributed by atoms with Crippen molar-refractivity contribution in [1.29, 1.82) is 0 Å². The van der Waals surface area contributed by atoms with Crippen LogP contribution in [0.25, 0.3) is 0 Å². The van der Waals surface area contributed by atoms with Gasteiger partial charge in [-0.3, -0.25) is 4.79 Å². The maximum atomic E-state index is 12.7. The van der Waals surface area contributed by atoms with Crippen molar-refractivity contribution in [2.75, 3.05) is 40.3 Å². The van der Waals surface area contributed by atoms with Gasteiger partial charge in [-0.1, -0.05) is 12.1 Å². The second-order valence-corrected chi connectivity index (χ2v) is 7.55. The van der Waals surface area contributed by atoms with Gasteiger partial charge < -0.3 is 19.0 Å². The Morgan fingerprint density at radius 2 is 2.15 bits per heavy atom. The Bertz CT molecular complexity index is 813. The molecule has 4 rings (SSSR count). The number of carbonyl (C=O) groups excluding carboxylic acids is 1.